The first-order valence-corrected chi connectivity index (χ1v) is 9.59. The van der Waals surface area contributed by atoms with Gasteiger partial charge in [0.05, 0.1) is 13.2 Å². The Morgan fingerprint density at radius 3 is 2.70 bits per heavy atom. The summed E-state index contributed by atoms with van der Waals surface area (Å²) < 4.78 is 10.8. The van der Waals surface area contributed by atoms with Gasteiger partial charge in [-0.05, 0) is 42.8 Å². The van der Waals surface area contributed by atoms with Gasteiger partial charge in [-0.15, -0.1) is 11.3 Å². The first-order chi connectivity index (χ1) is 11.3. The first kappa shape index (κ1) is 17.4. The third-order valence-electron chi connectivity index (χ3n) is 5.67. The topological polar surface area (TPSA) is 24.9 Å². The van der Waals surface area contributed by atoms with E-state index in [9.17, 15) is 0 Å². The van der Waals surface area contributed by atoms with E-state index < -0.39 is 0 Å². The van der Waals surface area contributed by atoms with Crippen molar-refractivity contribution in [3.8, 4) is 0 Å². The van der Waals surface area contributed by atoms with E-state index in [2.05, 4.69) is 27.3 Å². The summed E-state index contributed by atoms with van der Waals surface area (Å²) in [5.74, 6) is 0.674. The van der Waals surface area contributed by atoms with E-state index in [-0.39, 0.29) is 0 Å². The molecule has 4 nitrogen and oxygen atoms in total. The molecular formula is C18H30N2O2S. The fourth-order valence-electron chi connectivity index (χ4n) is 4.31. The molecule has 0 radical (unpaired) electrons. The van der Waals surface area contributed by atoms with Crippen molar-refractivity contribution in [1.29, 1.82) is 0 Å². The van der Waals surface area contributed by atoms with Crippen LogP contribution >= 0.6 is 11.3 Å². The molecule has 2 saturated heterocycles. The SMILES string of the molecule is COCCN1C[C@H](COC)C2(CCN(Cc3cccs3)CC2)C1. The minimum atomic E-state index is 0.454. The Kier molecular flexibility index (Phi) is 6.10. The molecule has 2 aliphatic heterocycles. The lowest BCUT2D eigenvalue weighted by Gasteiger charge is -2.42. The molecule has 1 aromatic heterocycles. The summed E-state index contributed by atoms with van der Waals surface area (Å²) in [5.41, 5.74) is 0.454. The highest BCUT2D eigenvalue weighted by atomic mass is 32.1. The van der Waals surface area contributed by atoms with Gasteiger partial charge in [-0.25, -0.2) is 0 Å². The van der Waals surface area contributed by atoms with Crippen LogP contribution < -0.4 is 0 Å². The summed E-state index contributed by atoms with van der Waals surface area (Å²) in [7, 11) is 3.64. The molecule has 1 aromatic rings. The van der Waals surface area contributed by atoms with Crippen LogP contribution in [0.3, 0.4) is 0 Å². The molecule has 5 heteroatoms. The molecule has 0 aromatic carbocycles. The first-order valence-electron chi connectivity index (χ1n) is 8.71. The Balaban J connectivity index is 1.57. The van der Waals surface area contributed by atoms with E-state index in [4.69, 9.17) is 9.47 Å². The smallest absolute Gasteiger partial charge is 0.0589 e. The van der Waals surface area contributed by atoms with Crippen LogP contribution in [-0.2, 0) is 16.0 Å². The number of likely N-dealkylation sites (tertiary alicyclic amines) is 2. The van der Waals surface area contributed by atoms with Crippen LogP contribution in [0.15, 0.2) is 17.5 Å². The predicted molar refractivity (Wildman–Crippen MR) is 94.9 cm³/mol. The molecule has 0 amide bonds. The van der Waals surface area contributed by atoms with Crippen molar-refractivity contribution in [3.63, 3.8) is 0 Å². The zero-order valence-corrected chi connectivity index (χ0v) is 15.3. The van der Waals surface area contributed by atoms with Crippen LogP contribution in [-0.4, -0.2) is 70.0 Å². The van der Waals surface area contributed by atoms with E-state index in [1.54, 1.807) is 7.11 Å². The zero-order chi connectivity index (χ0) is 16.1. The third-order valence-corrected chi connectivity index (χ3v) is 6.54. The van der Waals surface area contributed by atoms with Gasteiger partial charge in [-0.3, -0.25) is 4.90 Å². The molecule has 3 rings (SSSR count). The van der Waals surface area contributed by atoms with Crippen LogP contribution in [0.5, 0.6) is 0 Å². The Morgan fingerprint density at radius 2 is 2.04 bits per heavy atom. The minimum Gasteiger partial charge on any atom is -0.384 e. The largest absolute Gasteiger partial charge is 0.384 e. The summed E-state index contributed by atoms with van der Waals surface area (Å²) in [5, 5.41) is 2.18. The molecular weight excluding hydrogens is 308 g/mol. The molecule has 2 fully saturated rings. The van der Waals surface area contributed by atoms with Crippen molar-refractivity contribution >= 4 is 11.3 Å². The van der Waals surface area contributed by atoms with E-state index in [1.807, 2.05) is 18.4 Å². The highest BCUT2D eigenvalue weighted by molar-refractivity contribution is 7.09. The fraction of sp³-hybridized carbons (Fsp3) is 0.778. The number of hydrogen-bond acceptors (Lipinski definition) is 5. The molecule has 23 heavy (non-hydrogen) atoms. The highest BCUT2D eigenvalue weighted by Gasteiger charge is 2.47. The lowest BCUT2D eigenvalue weighted by molar-refractivity contribution is 0.0351. The monoisotopic (exact) mass is 338 g/mol. The van der Waals surface area contributed by atoms with Gasteiger partial charge in [0.25, 0.3) is 0 Å². The Labute approximate surface area is 144 Å². The molecule has 2 aliphatic rings. The molecule has 0 unspecified atom stereocenters. The van der Waals surface area contributed by atoms with Gasteiger partial charge < -0.3 is 14.4 Å². The minimum absolute atomic E-state index is 0.454. The predicted octanol–water partition coefficient (Wildman–Crippen LogP) is 2.55. The van der Waals surface area contributed by atoms with Gasteiger partial charge >= 0.3 is 0 Å². The second-order valence-electron chi connectivity index (χ2n) is 7.10. The van der Waals surface area contributed by atoms with Gasteiger partial charge in [-0.1, -0.05) is 6.07 Å². The number of methoxy groups -OCH3 is 2. The summed E-state index contributed by atoms with van der Waals surface area (Å²) in [6.07, 6.45) is 2.60. The molecule has 1 spiro atoms. The van der Waals surface area contributed by atoms with Gasteiger partial charge in [0.2, 0.25) is 0 Å². The van der Waals surface area contributed by atoms with E-state index in [0.717, 1.165) is 26.3 Å². The van der Waals surface area contributed by atoms with Gasteiger partial charge in [-0.2, -0.15) is 0 Å². The normalized spacial score (nSPS) is 25.4. The Hall–Kier alpha value is -0.460. The standard InChI is InChI=1S/C18H30N2O2S/c1-21-10-9-20-12-16(14-22-2)18(15-20)5-7-19(8-6-18)13-17-4-3-11-23-17/h3-4,11,16H,5-10,12-15H2,1-2H3/t16-/m1/s1. The number of piperidine rings is 1. The molecule has 3 heterocycles. The fourth-order valence-corrected chi connectivity index (χ4v) is 5.06. The molecule has 0 saturated carbocycles. The lowest BCUT2D eigenvalue weighted by atomic mass is 9.71. The average molecular weight is 339 g/mol. The molecule has 1 atom stereocenters. The van der Waals surface area contributed by atoms with Crippen molar-refractivity contribution in [2.75, 3.05) is 60.2 Å². The van der Waals surface area contributed by atoms with Crippen LogP contribution in [0, 0.1) is 11.3 Å². The summed E-state index contributed by atoms with van der Waals surface area (Å²) in [4.78, 5) is 6.70. The van der Waals surface area contributed by atoms with Crippen LogP contribution in [0.25, 0.3) is 0 Å². The number of hydrogen-bond donors (Lipinski definition) is 0. The van der Waals surface area contributed by atoms with Gasteiger partial charge in [0, 0.05) is 51.2 Å². The number of ether oxygens (including phenoxy) is 2. The van der Waals surface area contributed by atoms with E-state index >= 15 is 0 Å². The van der Waals surface area contributed by atoms with Crippen molar-refractivity contribution in [3.05, 3.63) is 22.4 Å². The number of thiophene rings is 1. The Morgan fingerprint density at radius 1 is 1.22 bits per heavy atom. The maximum atomic E-state index is 5.55. The maximum absolute atomic E-state index is 5.55. The number of nitrogens with zero attached hydrogens (tertiary/aromatic N) is 2. The van der Waals surface area contributed by atoms with Crippen LogP contribution in [0.4, 0.5) is 0 Å². The van der Waals surface area contributed by atoms with Gasteiger partial charge in [0.1, 0.15) is 0 Å². The maximum Gasteiger partial charge on any atom is 0.0589 e. The highest BCUT2D eigenvalue weighted by Crippen LogP contribution is 2.45. The number of rotatable bonds is 7. The Bertz CT molecular complexity index is 458. The van der Waals surface area contributed by atoms with E-state index in [0.29, 0.717) is 11.3 Å². The molecule has 0 N–H and O–H groups in total. The van der Waals surface area contributed by atoms with Crippen molar-refractivity contribution in [1.82, 2.24) is 9.80 Å². The van der Waals surface area contributed by atoms with Crippen molar-refractivity contribution < 1.29 is 9.47 Å². The van der Waals surface area contributed by atoms with Gasteiger partial charge in [0.15, 0.2) is 0 Å². The average Bonchev–Trinajstić information content (AvgIpc) is 3.17. The van der Waals surface area contributed by atoms with Crippen molar-refractivity contribution in [2.45, 2.75) is 19.4 Å². The molecule has 0 bridgehead atoms. The second kappa shape index (κ2) is 8.08. The molecule has 130 valence electrons. The zero-order valence-electron chi connectivity index (χ0n) is 14.5. The second-order valence-corrected chi connectivity index (χ2v) is 8.13. The van der Waals surface area contributed by atoms with E-state index in [1.165, 1.54) is 43.9 Å². The van der Waals surface area contributed by atoms with Crippen LogP contribution in [0.2, 0.25) is 0 Å². The van der Waals surface area contributed by atoms with Crippen molar-refractivity contribution in [2.24, 2.45) is 11.3 Å². The quantitative estimate of drug-likeness (QED) is 0.763. The summed E-state index contributed by atoms with van der Waals surface area (Å²) >= 11 is 1.87. The summed E-state index contributed by atoms with van der Waals surface area (Å²) in [6.45, 7) is 8.73. The van der Waals surface area contributed by atoms with Crippen LogP contribution in [0.1, 0.15) is 17.7 Å². The lowest BCUT2D eigenvalue weighted by Crippen LogP contribution is -2.44. The molecule has 0 aliphatic carbocycles. The summed E-state index contributed by atoms with van der Waals surface area (Å²) in [6, 6.07) is 4.41. The third kappa shape index (κ3) is 4.15.